The van der Waals surface area contributed by atoms with Crippen molar-refractivity contribution in [3.8, 4) is 0 Å². The quantitative estimate of drug-likeness (QED) is 0.831. The van der Waals surface area contributed by atoms with Crippen LogP contribution in [0.2, 0.25) is 0 Å². The van der Waals surface area contributed by atoms with E-state index in [-0.39, 0.29) is 11.9 Å². The molecule has 1 aromatic rings. The van der Waals surface area contributed by atoms with Crippen molar-refractivity contribution >= 4 is 15.9 Å². The number of H-pyrrole nitrogens is 1. The van der Waals surface area contributed by atoms with Gasteiger partial charge < -0.3 is 5.32 Å². The molecule has 1 aromatic heterocycles. The number of hydrogen-bond acceptors (Lipinski definition) is 4. The predicted molar refractivity (Wildman–Crippen MR) is 91.4 cm³/mol. The molecule has 1 atom stereocenters. The molecule has 1 aliphatic carbocycles. The zero-order valence-corrected chi connectivity index (χ0v) is 15.0. The highest BCUT2D eigenvalue weighted by atomic mass is 32.2. The Hall–Kier alpha value is -1.41. The summed E-state index contributed by atoms with van der Waals surface area (Å²) in [7, 11) is -3.18. The predicted octanol–water partition coefficient (Wildman–Crippen LogP) is 1.22. The zero-order chi connectivity index (χ0) is 17.2. The Morgan fingerprint density at radius 1 is 1.29 bits per heavy atom. The van der Waals surface area contributed by atoms with Crippen molar-refractivity contribution in [3.05, 3.63) is 17.0 Å². The van der Waals surface area contributed by atoms with Gasteiger partial charge in [-0.1, -0.05) is 6.42 Å². The summed E-state index contributed by atoms with van der Waals surface area (Å²) < 4.78 is 25.3. The van der Waals surface area contributed by atoms with Crippen molar-refractivity contribution in [1.82, 2.24) is 19.8 Å². The third-order valence-corrected chi connectivity index (χ3v) is 6.37. The molecule has 2 aliphatic rings. The molecule has 7 nitrogen and oxygen atoms in total. The molecule has 0 aromatic carbocycles. The summed E-state index contributed by atoms with van der Waals surface area (Å²) in [5.74, 6) is -0.156. The fourth-order valence-electron chi connectivity index (χ4n) is 3.80. The lowest BCUT2D eigenvalue weighted by molar-refractivity contribution is 0.0943. The normalized spacial score (nSPS) is 22.1. The van der Waals surface area contributed by atoms with E-state index >= 15 is 0 Å². The Morgan fingerprint density at radius 2 is 2.08 bits per heavy atom. The molecule has 1 saturated heterocycles. The number of aromatic amines is 1. The van der Waals surface area contributed by atoms with Crippen LogP contribution in [0.25, 0.3) is 0 Å². The number of hydrogen-bond donors (Lipinski definition) is 2. The molecular formula is C16H26N4O3S. The van der Waals surface area contributed by atoms with Crippen molar-refractivity contribution in [2.45, 2.75) is 57.4 Å². The largest absolute Gasteiger partial charge is 0.351 e. The highest BCUT2D eigenvalue weighted by Gasteiger charge is 2.29. The maximum Gasteiger partial charge on any atom is 0.272 e. The van der Waals surface area contributed by atoms with Crippen LogP contribution in [-0.2, 0) is 22.9 Å². The number of carbonyl (C=O) groups is 1. The Kier molecular flexibility index (Phi) is 5.24. The third kappa shape index (κ3) is 3.80. The van der Waals surface area contributed by atoms with Crippen LogP contribution >= 0.6 is 0 Å². The molecule has 0 radical (unpaired) electrons. The van der Waals surface area contributed by atoms with Crippen molar-refractivity contribution in [2.75, 3.05) is 19.3 Å². The van der Waals surface area contributed by atoms with Crippen LogP contribution in [0.4, 0.5) is 0 Å². The summed E-state index contributed by atoms with van der Waals surface area (Å²) in [4.78, 5) is 12.4. The number of nitrogens with zero attached hydrogens (tertiary/aromatic N) is 2. The molecule has 1 aliphatic heterocycles. The zero-order valence-electron chi connectivity index (χ0n) is 14.2. The molecule has 0 unspecified atom stereocenters. The second-order valence-corrected chi connectivity index (χ2v) is 8.74. The first-order chi connectivity index (χ1) is 11.5. The second kappa shape index (κ2) is 7.23. The summed E-state index contributed by atoms with van der Waals surface area (Å²) in [6.07, 6.45) is 8.82. The Morgan fingerprint density at radius 3 is 2.88 bits per heavy atom. The smallest absolute Gasteiger partial charge is 0.272 e. The highest BCUT2D eigenvalue weighted by molar-refractivity contribution is 7.88. The van der Waals surface area contributed by atoms with E-state index in [9.17, 15) is 13.2 Å². The average molecular weight is 354 g/mol. The molecule has 24 heavy (non-hydrogen) atoms. The number of fused-ring (bicyclic) bond motifs is 1. The van der Waals surface area contributed by atoms with Gasteiger partial charge in [0, 0.05) is 30.4 Å². The second-order valence-electron chi connectivity index (χ2n) is 6.80. The number of amides is 1. The number of piperidine rings is 1. The molecule has 0 spiro atoms. The molecule has 8 heteroatoms. The van der Waals surface area contributed by atoms with Gasteiger partial charge >= 0.3 is 0 Å². The van der Waals surface area contributed by atoms with Gasteiger partial charge in [-0.05, 0) is 44.9 Å². The minimum Gasteiger partial charge on any atom is -0.351 e. The molecule has 2 heterocycles. The summed E-state index contributed by atoms with van der Waals surface area (Å²) >= 11 is 0. The molecule has 1 fully saturated rings. The lowest BCUT2D eigenvalue weighted by Gasteiger charge is -2.33. The summed E-state index contributed by atoms with van der Waals surface area (Å²) in [5, 5.41) is 10.1. The lowest BCUT2D eigenvalue weighted by atomic mass is 9.96. The first-order valence-electron chi connectivity index (χ1n) is 8.78. The molecular weight excluding hydrogens is 328 g/mol. The van der Waals surface area contributed by atoms with E-state index < -0.39 is 10.0 Å². The lowest BCUT2D eigenvalue weighted by Crippen LogP contribution is -2.44. The van der Waals surface area contributed by atoms with E-state index in [1.807, 2.05) is 0 Å². The fourth-order valence-corrected chi connectivity index (χ4v) is 5.02. The van der Waals surface area contributed by atoms with Crippen LogP contribution in [0.3, 0.4) is 0 Å². The van der Waals surface area contributed by atoms with E-state index in [0.717, 1.165) is 56.2 Å². The average Bonchev–Trinajstić information content (AvgIpc) is 2.98. The van der Waals surface area contributed by atoms with Crippen LogP contribution in [0.5, 0.6) is 0 Å². The van der Waals surface area contributed by atoms with Gasteiger partial charge in [0.05, 0.1) is 6.26 Å². The van der Waals surface area contributed by atoms with Crippen LogP contribution in [0.15, 0.2) is 0 Å². The molecule has 3 rings (SSSR count). The van der Waals surface area contributed by atoms with Crippen LogP contribution in [-0.4, -0.2) is 54.2 Å². The minimum absolute atomic E-state index is 0.0119. The molecule has 2 N–H and O–H groups in total. The third-order valence-electron chi connectivity index (χ3n) is 5.03. The fraction of sp³-hybridized carbons (Fsp3) is 0.750. The van der Waals surface area contributed by atoms with Crippen LogP contribution in [0.1, 0.15) is 60.3 Å². The molecule has 1 amide bonds. The van der Waals surface area contributed by atoms with Crippen LogP contribution in [0, 0.1) is 0 Å². The summed E-state index contributed by atoms with van der Waals surface area (Å²) in [5.41, 5.74) is 2.64. The summed E-state index contributed by atoms with van der Waals surface area (Å²) in [6, 6.07) is -0.0119. The highest BCUT2D eigenvalue weighted by Crippen LogP contribution is 2.23. The van der Waals surface area contributed by atoms with Gasteiger partial charge in [-0.25, -0.2) is 8.42 Å². The van der Waals surface area contributed by atoms with Crippen molar-refractivity contribution in [2.24, 2.45) is 0 Å². The minimum atomic E-state index is -3.18. The topological polar surface area (TPSA) is 95.2 Å². The monoisotopic (exact) mass is 354 g/mol. The van der Waals surface area contributed by atoms with Crippen molar-refractivity contribution in [3.63, 3.8) is 0 Å². The number of carbonyl (C=O) groups excluding carboxylic acids is 1. The van der Waals surface area contributed by atoms with Gasteiger partial charge in [-0.2, -0.15) is 9.40 Å². The SMILES string of the molecule is CS(=O)(=O)N1CCCC[C@@H]1CCNC(=O)c1n[nH]c2c1CCCC2. The van der Waals surface area contributed by atoms with E-state index in [2.05, 4.69) is 15.5 Å². The van der Waals surface area contributed by atoms with E-state index in [0.29, 0.717) is 25.2 Å². The summed E-state index contributed by atoms with van der Waals surface area (Å²) in [6.45, 7) is 1.06. The van der Waals surface area contributed by atoms with Gasteiger partial charge in [0.1, 0.15) is 0 Å². The maximum atomic E-state index is 12.4. The van der Waals surface area contributed by atoms with Gasteiger partial charge in [0.25, 0.3) is 5.91 Å². The number of nitrogens with one attached hydrogen (secondary N) is 2. The van der Waals surface area contributed by atoms with E-state index in [1.165, 1.54) is 6.26 Å². The standard InChI is InChI=1S/C16H26N4O3S/c1-24(22,23)20-11-5-4-6-12(20)9-10-17-16(21)15-13-7-2-3-8-14(13)18-19-15/h12H,2-11H2,1H3,(H,17,21)(H,18,19)/t12-/m1/s1. The van der Waals surface area contributed by atoms with E-state index in [1.54, 1.807) is 4.31 Å². The molecule has 0 saturated carbocycles. The Bertz CT molecular complexity index is 698. The number of sulfonamides is 1. The Labute approximate surface area is 143 Å². The molecule has 134 valence electrons. The van der Waals surface area contributed by atoms with Crippen molar-refractivity contribution < 1.29 is 13.2 Å². The maximum absolute atomic E-state index is 12.4. The Balaban J connectivity index is 1.56. The number of rotatable bonds is 5. The first-order valence-corrected chi connectivity index (χ1v) is 10.6. The first kappa shape index (κ1) is 17.4. The number of aryl methyl sites for hydroxylation is 1. The molecule has 0 bridgehead atoms. The van der Waals surface area contributed by atoms with Gasteiger partial charge in [-0.15, -0.1) is 0 Å². The van der Waals surface area contributed by atoms with Gasteiger partial charge in [-0.3, -0.25) is 9.89 Å². The number of aromatic nitrogens is 2. The van der Waals surface area contributed by atoms with Gasteiger partial charge in [0.15, 0.2) is 5.69 Å². The van der Waals surface area contributed by atoms with Crippen LogP contribution < -0.4 is 5.32 Å². The van der Waals surface area contributed by atoms with Crippen molar-refractivity contribution in [1.29, 1.82) is 0 Å². The van der Waals surface area contributed by atoms with Gasteiger partial charge in [0.2, 0.25) is 10.0 Å². The van der Waals surface area contributed by atoms with E-state index in [4.69, 9.17) is 0 Å².